The summed E-state index contributed by atoms with van der Waals surface area (Å²) in [6.45, 7) is 0.820. The van der Waals surface area contributed by atoms with Gasteiger partial charge in [0.1, 0.15) is 0 Å². The number of hydrogen-bond acceptors (Lipinski definition) is 2. The van der Waals surface area contributed by atoms with Crippen molar-refractivity contribution < 1.29 is 4.79 Å². The highest BCUT2D eigenvalue weighted by atomic mass is 16.1. The molecular formula is C16H18N2O. The number of benzene rings is 1. The fourth-order valence-corrected chi connectivity index (χ4v) is 2.67. The first-order valence-corrected chi connectivity index (χ1v) is 6.95. The van der Waals surface area contributed by atoms with Crippen LogP contribution in [0.2, 0.25) is 0 Å². The second kappa shape index (κ2) is 5.39. The van der Waals surface area contributed by atoms with Crippen LogP contribution in [0.5, 0.6) is 0 Å². The molecule has 2 aromatic rings. The van der Waals surface area contributed by atoms with E-state index < -0.39 is 0 Å². The largest absolute Gasteiger partial charge is 0.356 e. The topological polar surface area (TPSA) is 42.0 Å². The summed E-state index contributed by atoms with van der Waals surface area (Å²) in [5, 5.41) is 4.13. The van der Waals surface area contributed by atoms with E-state index in [0.717, 1.165) is 48.8 Å². The summed E-state index contributed by atoms with van der Waals surface area (Å²) < 4.78 is 0. The lowest BCUT2D eigenvalue weighted by Gasteiger charge is -2.12. The summed E-state index contributed by atoms with van der Waals surface area (Å²) in [6, 6.07) is 12.2. The van der Waals surface area contributed by atoms with Gasteiger partial charge in [0.15, 0.2) is 0 Å². The number of nitrogens with one attached hydrogen (secondary N) is 1. The van der Waals surface area contributed by atoms with Crippen LogP contribution in [0.1, 0.15) is 25.0 Å². The average molecular weight is 254 g/mol. The molecule has 0 aliphatic carbocycles. The van der Waals surface area contributed by atoms with E-state index in [2.05, 4.69) is 22.4 Å². The number of aromatic nitrogens is 1. The van der Waals surface area contributed by atoms with E-state index in [1.54, 1.807) is 0 Å². The fraction of sp³-hybridized carbons (Fsp3) is 0.375. The third kappa shape index (κ3) is 2.75. The molecule has 2 heterocycles. The number of para-hydroxylation sites is 1. The van der Waals surface area contributed by atoms with Crippen LogP contribution in [0.3, 0.4) is 0 Å². The Labute approximate surface area is 113 Å². The summed E-state index contributed by atoms with van der Waals surface area (Å²) in [6.07, 6.45) is 3.93. The molecule has 1 saturated heterocycles. The smallest absolute Gasteiger partial charge is 0.223 e. The maximum atomic E-state index is 11.9. The van der Waals surface area contributed by atoms with Crippen molar-refractivity contribution in [3.05, 3.63) is 42.1 Å². The monoisotopic (exact) mass is 254 g/mol. The van der Waals surface area contributed by atoms with E-state index in [-0.39, 0.29) is 11.8 Å². The third-order valence-corrected chi connectivity index (χ3v) is 3.76. The zero-order chi connectivity index (χ0) is 13.1. The summed E-state index contributed by atoms with van der Waals surface area (Å²) in [5.74, 6) is 0.267. The molecule has 1 aromatic carbocycles. The molecule has 1 unspecified atom stereocenters. The molecule has 1 amide bonds. The Balaban J connectivity index is 1.82. The van der Waals surface area contributed by atoms with Gasteiger partial charge in [-0.05, 0) is 25.0 Å². The first-order valence-electron chi connectivity index (χ1n) is 6.95. The van der Waals surface area contributed by atoms with E-state index in [0.29, 0.717) is 0 Å². The van der Waals surface area contributed by atoms with Gasteiger partial charge in [-0.3, -0.25) is 9.78 Å². The molecule has 1 fully saturated rings. The van der Waals surface area contributed by atoms with Gasteiger partial charge < -0.3 is 5.32 Å². The van der Waals surface area contributed by atoms with Crippen molar-refractivity contribution in [2.75, 3.05) is 6.54 Å². The van der Waals surface area contributed by atoms with Crippen LogP contribution < -0.4 is 5.32 Å². The Morgan fingerprint density at radius 2 is 2.05 bits per heavy atom. The molecule has 0 saturated carbocycles. The molecule has 0 bridgehead atoms. The summed E-state index contributed by atoms with van der Waals surface area (Å²) in [5.41, 5.74) is 2.02. The highest BCUT2D eigenvalue weighted by molar-refractivity contribution is 5.80. The Morgan fingerprint density at radius 1 is 1.16 bits per heavy atom. The molecular weight excluding hydrogens is 236 g/mol. The zero-order valence-corrected chi connectivity index (χ0v) is 10.9. The number of nitrogens with zero attached hydrogens (tertiary/aromatic N) is 1. The molecule has 1 N–H and O–H groups in total. The van der Waals surface area contributed by atoms with E-state index in [1.807, 2.05) is 24.3 Å². The van der Waals surface area contributed by atoms with Gasteiger partial charge >= 0.3 is 0 Å². The predicted octanol–water partition coefficient (Wildman–Crippen LogP) is 2.69. The van der Waals surface area contributed by atoms with Crippen LogP contribution in [-0.2, 0) is 11.2 Å². The molecule has 19 heavy (non-hydrogen) atoms. The van der Waals surface area contributed by atoms with Gasteiger partial charge in [0, 0.05) is 30.0 Å². The number of hydrogen-bond donors (Lipinski definition) is 1. The van der Waals surface area contributed by atoms with Gasteiger partial charge in [-0.2, -0.15) is 0 Å². The number of rotatable bonds is 2. The first kappa shape index (κ1) is 12.2. The lowest BCUT2D eigenvalue weighted by Crippen LogP contribution is -2.30. The minimum atomic E-state index is 0.0798. The molecule has 98 valence electrons. The quantitative estimate of drug-likeness (QED) is 0.895. The van der Waals surface area contributed by atoms with Crippen molar-refractivity contribution in [1.29, 1.82) is 0 Å². The SMILES string of the molecule is O=C1NCCCCC1Cc1ccc2ccccc2n1. The van der Waals surface area contributed by atoms with Crippen molar-refractivity contribution in [3.63, 3.8) is 0 Å². The standard InChI is InChI=1S/C16H18N2O/c19-16-13(6-3-4-10-17-16)11-14-9-8-12-5-1-2-7-15(12)18-14/h1-2,5,7-9,13H,3-4,6,10-11H2,(H,17,19). The number of amides is 1. The number of pyridine rings is 1. The van der Waals surface area contributed by atoms with E-state index in [9.17, 15) is 4.79 Å². The maximum absolute atomic E-state index is 11.9. The Morgan fingerprint density at radius 3 is 3.00 bits per heavy atom. The third-order valence-electron chi connectivity index (χ3n) is 3.76. The molecule has 3 nitrogen and oxygen atoms in total. The molecule has 3 rings (SSSR count). The van der Waals surface area contributed by atoms with Gasteiger partial charge in [-0.1, -0.05) is 30.7 Å². The fourth-order valence-electron chi connectivity index (χ4n) is 2.67. The van der Waals surface area contributed by atoms with Crippen LogP contribution in [0, 0.1) is 5.92 Å². The molecule has 1 aliphatic rings. The maximum Gasteiger partial charge on any atom is 0.223 e. The second-order valence-corrected chi connectivity index (χ2v) is 5.18. The average Bonchev–Trinajstić information content (AvgIpc) is 2.64. The van der Waals surface area contributed by atoms with Crippen molar-refractivity contribution in [3.8, 4) is 0 Å². The second-order valence-electron chi connectivity index (χ2n) is 5.18. The van der Waals surface area contributed by atoms with Gasteiger partial charge in [0.2, 0.25) is 5.91 Å². The van der Waals surface area contributed by atoms with Crippen molar-refractivity contribution in [2.24, 2.45) is 5.92 Å². The van der Waals surface area contributed by atoms with Crippen molar-refractivity contribution in [1.82, 2.24) is 10.3 Å². The lowest BCUT2D eigenvalue weighted by molar-refractivity contribution is -0.124. The van der Waals surface area contributed by atoms with Crippen LogP contribution in [0.25, 0.3) is 10.9 Å². The first-order chi connectivity index (χ1) is 9.33. The highest BCUT2D eigenvalue weighted by Gasteiger charge is 2.21. The molecule has 0 spiro atoms. The molecule has 1 aliphatic heterocycles. The van der Waals surface area contributed by atoms with Crippen LogP contribution in [0.15, 0.2) is 36.4 Å². The summed E-state index contributed by atoms with van der Waals surface area (Å²) >= 11 is 0. The Bertz CT molecular complexity index is 594. The molecule has 1 atom stereocenters. The summed E-state index contributed by atoms with van der Waals surface area (Å²) in [4.78, 5) is 16.6. The lowest BCUT2D eigenvalue weighted by atomic mass is 9.96. The van der Waals surface area contributed by atoms with E-state index >= 15 is 0 Å². The summed E-state index contributed by atoms with van der Waals surface area (Å²) in [7, 11) is 0. The van der Waals surface area contributed by atoms with Gasteiger partial charge in [0.25, 0.3) is 0 Å². The van der Waals surface area contributed by atoms with Gasteiger partial charge in [-0.25, -0.2) is 0 Å². The minimum Gasteiger partial charge on any atom is -0.356 e. The van der Waals surface area contributed by atoms with E-state index in [4.69, 9.17) is 0 Å². The molecule has 3 heteroatoms. The van der Waals surface area contributed by atoms with Crippen LogP contribution in [0.4, 0.5) is 0 Å². The minimum absolute atomic E-state index is 0.0798. The predicted molar refractivity (Wildman–Crippen MR) is 75.8 cm³/mol. The van der Waals surface area contributed by atoms with Gasteiger partial charge in [0.05, 0.1) is 5.52 Å². The van der Waals surface area contributed by atoms with Crippen LogP contribution >= 0.6 is 0 Å². The normalized spacial score (nSPS) is 20.0. The van der Waals surface area contributed by atoms with E-state index in [1.165, 1.54) is 0 Å². The Hall–Kier alpha value is -1.90. The van der Waals surface area contributed by atoms with Crippen LogP contribution in [-0.4, -0.2) is 17.4 Å². The zero-order valence-electron chi connectivity index (χ0n) is 10.9. The van der Waals surface area contributed by atoms with Crippen molar-refractivity contribution >= 4 is 16.8 Å². The van der Waals surface area contributed by atoms with Gasteiger partial charge in [-0.15, -0.1) is 0 Å². The highest BCUT2D eigenvalue weighted by Crippen LogP contribution is 2.19. The number of carbonyl (C=O) groups is 1. The Kier molecular flexibility index (Phi) is 3.45. The number of fused-ring (bicyclic) bond motifs is 1. The van der Waals surface area contributed by atoms with Crippen molar-refractivity contribution in [2.45, 2.75) is 25.7 Å². The molecule has 1 aromatic heterocycles. The molecule has 0 radical (unpaired) electrons. The number of carbonyl (C=O) groups excluding carboxylic acids is 1.